The molecule has 0 bridgehead atoms. The number of pyridine rings is 1. The molecule has 0 fully saturated rings. The van der Waals surface area contributed by atoms with E-state index in [1.807, 2.05) is 19.1 Å². The van der Waals surface area contributed by atoms with Gasteiger partial charge in [0, 0.05) is 17.8 Å². The highest BCUT2D eigenvalue weighted by Crippen LogP contribution is 2.10. The van der Waals surface area contributed by atoms with Crippen LogP contribution in [0.4, 0.5) is 5.82 Å². The summed E-state index contributed by atoms with van der Waals surface area (Å²) in [5.41, 5.74) is 7.41. The minimum atomic E-state index is 0.419. The van der Waals surface area contributed by atoms with E-state index < -0.39 is 0 Å². The van der Waals surface area contributed by atoms with Gasteiger partial charge in [-0.05, 0) is 25.5 Å². The van der Waals surface area contributed by atoms with Gasteiger partial charge in [0.05, 0.1) is 0 Å². The molecule has 1 aromatic rings. The third-order valence-electron chi connectivity index (χ3n) is 2.32. The maximum absolute atomic E-state index is 5.60. The van der Waals surface area contributed by atoms with Crippen LogP contribution < -0.4 is 11.1 Å². The fourth-order valence-electron chi connectivity index (χ4n) is 1.49. The number of hydrogen-bond acceptors (Lipinski definition) is 3. The van der Waals surface area contributed by atoms with E-state index in [0.29, 0.717) is 4.99 Å². The number of thiocarbonyl (C=S) groups is 1. The second-order valence-corrected chi connectivity index (χ2v) is 4.32. The van der Waals surface area contributed by atoms with Crippen LogP contribution in [0, 0.1) is 6.92 Å². The fraction of sp³-hybridized carbons (Fsp3) is 0.500. The lowest BCUT2D eigenvalue weighted by Gasteiger charge is -2.08. The Bertz CT molecular complexity index is 363. The van der Waals surface area contributed by atoms with Crippen molar-refractivity contribution < 1.29 is 0 Å². The van der Waals surface area contributed by atoms with Crippen molar-refractivity contribution in [2.75, 3.05) is 11.9 Å². The molecule has 0 saturated heterocycles. The molecule has 0 aromatic carbocycles. The van der Waals surface area contributed by atoms with Crippen LogP contribution >= 0.6 is 12.2 Å². The molecule has 0 atom stereocenters. The molecule has 3 N–H and O–H groups in total. The third kappa shape index (κ3) is 4.14. The Balaban J connectivity index is 2.62. The summed E-state index contributed by atoms with van der Waals surface area (Å²) in [5, 5.41) is 3.29. The highest BCUT2D eigenvalue weighted by molar-refractivity contribution is 7.80. The molecular formula is C12H19N3S. The van der Waals surface area contributed by atoms with E-state index in [2.05, 4.69) is 17.2 Å². The first kappa shape index (κ1) is 12.9. The highest BCUT2D eigenvalue weighted by atomic mass is 32.1. The summed E-state index contributed by atoms with van der Waals surface area (Å²) in [5.74, 6) is 0.860. The molecule has 3 nitrogen and oxygen atoms in total. The number of anilines is 1. The van der Waals surface area contributed by atoms with Crippen molar-refractivity contribution in [3.63, 3.8) is 0 Å². The Morgan fingerprint density at radius 2 is 2.19 bits per heavy atom. The van der Waals surface area contributed by atoms with Gasteiger partial charge in [0.25, 0.3) is 0 Å². The van der Waals surface area contributed by atoms with E-state index >= 15 is 0 Å². The normalized spacial score (nSPS) is 10.1. The van der Waals surface area contributed by atoms with Gasteiger partial charge < -0.3 is 11.1 Å². The molecule has 88 valence electrons. The van der Waals surface area contributed by atoms with Crippen LogP contribution in [0.3, 0.4) is 0 Å². The maximum Gasteiger partial charge on any atom is 0.126 e. The SMILES string of the molecule is CCCCCNc1cc(C(N)=S)cc(C)n1. The summed E-state index contributed by atoms with van der Waals surface area (Å²) in [6.07, 6.45) is 3.62. The van der Waals surface area contributed by atoms with Gasteiger partial charge in [0.2, 0.25) is 0 Å². The summed E-state index contributed by atoms with van der Waals surface area (Å²) in [6, 6.07) is 3.81. The van der Waals surface area contributed by atoms with Crippen LogP contribution in [-0.4, -0.2) is 16.5 Å². The molecule has 0 saturated carbocycles. The van der Waals surface area contributed by atoms with Crippen molar-refractivity contribution in [3.8, 4) is 0 Å². The second-order valence-electron chi connectivity index (χ2n) is 3.88. The molecule has 0 radical (unpaired) electrons. The van der Waals surface area contributed by atoms with E-state index in [1.165, 1.54) is 12.8 Å². The molecule has 0 spiro atoms. The van der Waals surface area contributed by atoms with Crippen LogP contribution in [0.25, 0.3) is 0 Å². The van der Waals surface area contributed by atoms with Gasteiger partial charge in [-0.1, -0.05) is 32.0 Å². The molecule has 16 heavy (non-hydrogen) atoms. The molecule has 0 aliphatic carbocycles. The number of rotatable bonds is 6. The lowest BCUT2D eigenvalue weighted by molar-refractivity contribution is 0.742. The minimum absolute atomic E-state index is 0.419. The predicted octanol–water partition coefficient (Wildman–Crippen LogP) is 2.63. The summed E-state index contributed by atoms with van der Waals surface area (Å²) in [7, 11) is 0. The van der Waals surface area contributed by atoms with Crippen LogP contribution in [0.15, 0.2) is 12.1 Å². The maximum atomic E-state index is 5.60. The van der Waals surface area contributed by atoms with Crippen LogP contribution in [0.5, 0.6) is 0 Å². The first-order valence-electron chi connectivity index (χ1n) is 5.66. The number of aryl methyl sites for hydroxylation is 1. The number of nitrogens with one attached hydrogen (secondary N) is 1. The number of aromatic nitrogens is 1. The molecule has 1 rings (SSSR count). The van der Waals surface area contributed by atoms with E-state index in [9.17, 15) is 0 Å². The number of nitrogens with two attached hydrogens (primary N) is 1. The van der Waals surface area contributed by atoms with E-state index in [0.717, 1.165) is 30.0 Å². The van der Waals surface area contributed by atoms with Crippen molar-refractivity contribution in [1.29, 1.82) is 0 Å². The summed E-state index contributed by atoms with van der Waals surface area (Å²) >= 11 is 4.96. The van der Waals surface area contributed by atoms with Gasteiger partial charge >= 0.3 is 0 Å². The zero-order valence-corrected chi connectivity index (χ0v) is 10.7. The van der Waals surface area contributed by atoms with Gasteiger partial charge in [0.1, 0.15) is 10.8 Å². The lowest BCUT2D eigenvalue weighted by atomic mass is 10.2. The number of hydrogen-bond donors (Lipinski definition) is 2. The first-order valence-corrected chi connectivity index (χ1v) is 6.06. The highest BCUT2D eigenvalue weighted by Gasteiger charge is 2.01. The average Bonchev–Trinajstić information content (AvgIpc) is 2.23. The first-order chi connectivity index (χ1) is 7.63. The summed E-state index contributed by atoms with van der Waals surface area (Å²) in [4.78, 5) is 4.81. The standard InChI is InChI=1S/C12H19N3S/c1-3-4-5-6-14-11-8-10(12(13)16)7-9(2)15-11/h7-8H,3-6H2,1-2H3,(H2,13,16)(H,14,15). The van der Waals surface area contributed by atoms with E-state index in [-0.39, 0.29) is 0 Å². The summed E-state index contributed by atoms with van der Waals surface area (Å²) in [6.45, 7) is 5.08. The van der Waals surface area contributed by atoms with Crippen molar-refractivity contribution >= 4 is 23.0 Å². The Morgan fingerprint density at radius 1 is 1.44 bits per heavy atom. The Hall–Kier alpha value is -1.16. The van der Waals surface area contributed by atoms with Gasteiger partial charge in [-0.25, -0.2) is 4.98 Å². The smallest absolute Gasteiger partial charge is 0.126 e. The van der Waals surface area contributed by atoms with Crippen LogP contribution in [0.1, 0.15) is 37.4 Å². The van der Waals surface area contributed by atoms with Crippen LogP contribution in [0.2, 0.25) is 0 Å². The number of unbranched alkanes of at least 4 members (excludes halogenated alkanes) is 2. The molecule has 0 aliphatic rings. The molecule has 0 unspecified atom stereocenters. The fourth-order valence-corrected chi connectivity index (χ4v) is 1.61. The molecule has 1 aromatic heterocycles. The third-order valence-corrected chi connectivity index (χ3v) is 2.56. The lowest BCUT2D eigenvalue weighted by Crippen LogP contribution is -2.12. The van der Waals surface area contributed by atoms with Crippen molar-refractivity contribution in [2.45, 2.75) is 33.1 Å². The van der Waals surface area contributed by atoms with Gasteiger partial charge in [0.15, 0.2) is 0 Å². The zero-order chi connectivity index (χ0) is 12.0. The topological polar surface area (TPSA) is 50.9 Å². The van der Waals surface area contributed by atoms with Gasteiger partial charge in [-0.15, -0.1) is 0 Å². The molecule has 1 heterocycles. The summed E-state index contributed by atoms with van der Waals surface area (Å²) < 4.78 is 0. The Morgan fingerprint density at radius 3 is 2.81 bits per heavy atom. The van der Waals surface area contributed by atoms with Crippen LogP contribution in [-0.2, 0) is 0 Å². The quantitative estimate of drug-likeness (QED) is 0.590. The van der Waals surface area contributed by atoms with Crippen molar-refractivity contribution in [1.82, 2.24) is 4.98 Å². The minimum Gasteiger partial charge on any atom is -0.389 e. The molecule has 4 heteroatoms. The van der Waals surface area contributed by atoms with E-state index in [4.69, 9.17) is 18.0 Å². The number of nitrogens with zero attached hydrogens (tertiary/aromatic N) is 1. The largest absolute Gasteiger partial charge is 0.389 e. The molecule has 0 aliphatic heterocycles. The Labute approximate surface area is 102 Å². The van der Waals surface area contributed by atoms with Crippen molar-refractivity contribution in [2.24, 2.45) is 5.73 Å². The van der Waals surface area contributed by atoms with Crippen molar-refractivity contribution in [3.05, 3.63) is 23.4 Å². The molecule has 0 amide bonds. The zero-order valence-electron chi connectivity index (χ0n) is 9.92. The van der Waals surface area contributed by atoms with Gasteiger partial charge in [-0.2, -0.15) is 0 Å². The Kier molecular flexibility index (Phi) is 5.19. The van der Waals surface area contributed by atoms with Gasteiger partial charge in [-0.3, -0.25) is 0 Å². The van der Waals surface area contributed by atoms with E-state index in [1.54, 1.807) is 0 Å². The monoisotopic (exact) mass is 237 g/mol. The predicted molar refractivity (Wildman–Crippen MR) is 72.9 cm³/mol. The molecular weight excluding hydrogens is 218 g/mol. The average molecular weight is 237 g/mol. The second kappa shape index (κ2) is 6.43.